The van der Waals surface area contributed by atoms with E-state index >= 15 is 8.78 Å². The first-order chi connectivity index (χ1) is 16.7. The minimum absolute atomic E-state index is 0.0565. The summed E-state index contributed by atoms with van der Waals surface area (Å²) in [5, 5.41) is 10.3. The normalized spacial score (nSPS) is 17.4. The van der Waals surface area contributed by atoms with Crippen molar-refractivity contribution in [2.75, 3.05) is 4.90 Å². The van der Waals surface area contributed by atoms with Gasteiger partial charge in [-0.25, -0.2) is 17.6 Å². The first-order valence-electron chi connectivity index (χ1n) is 11.0. The maximum absolute atomic E-state index is 15.3. The van der Waals surface area contributed by atoms with Crippen molar-refractivity contribution in [3.05, 3.63) is 117 Å². The van der Waals surface area contributed by atoms with Crippen molar-refractivity contribution in [1.29, 1.82) is 0 Å². The van der Waals surface area contributed by atoms with Gasteiger partial charge in [0.2, 0.25) is 0 Å². The van der Waals surface area contributed by atoms with Crippen LogP contribution in [0.3, 0.4) is 0 Å². The Kier molecular flexibility index (Phi) is 6.05. The molecule has 2 atom stereocenters. The third-order valence-electron chi connectivity index (χ3n) is 6.43. The highest BCUT2D eigenvalue weighted by Crippen LogP contribution is 2.45. The van der Waals surface area contributed by atoms with Gasteiger partial charge in [-0.05, 0) is 60.4 Å². The van der Waals surface area contributed by atoms with Crippen molar-refractivity contribution in [2.45, 2.75) is 25.4 Å². The Bertz CT molecular complexity index is 1420. The first kappa shape index (κ1) is 23.4. The van der Waals surface area contributed by atoms with E-state index in [1.54, 1.807) is 35.2 Å². The summed E-state index contributed by atoms with van der Waals surface area (Å²) < 4.78 is 59.5. The molecule has 1 N–H and O–H groups in total. The Hall–Kier alpha value is -3.32. The number of fused-ring (bicyclic) bond motifs is 1. The Labute approximate surface area is 208 Å². The molecule has 0 radical (unpaired) electrons. The zero-order chi connectivity index (χ0) is 24.9. The van der Waals surface area contributed by atoms with Gasteiger partial charge in [0.05, 0.1) is 17.3 Å². The molecule has 4 aromatic rings. The molecular weight excluding hydrogens is 522 g/mol. The zero-order valence-corrected chi connectivity index (χ0v) is 20.2. The van der Waals surface area contributed by atoms with Crippen LogP contribution in [0.4, 0.5) is 23.2 Å². The van der Waals surface area contributed by atoms with Gasteiger partial charge in [-0.1, -0.05) is 52.3 Å². The van der Waals surface area contributed by atoms with Crippen molar-refractivity contribution < 1.29 is 22.7 Å². The second kappa shape index (κ2) is 9.04. The number of nitrogens with zero attached hydrogens (tertiary/aromatic N) is 1. The lowest BCUT2D eigenvalue weighted by atomic mass is 9.82. The molecule has 0 spiro atoms. The lowest BCUT2D eigenvalue weighted by molar-refractivity contribution is 0.477. The third-order valence-corrected chi connectivity index (χ3v) is 6.88. The SMILES string of the molecule is C[C@@H]1Cc2cc(-c3ccccc3O)ccc2[C@@H](c2c(F)cc(Br)cc2F)N1c1ccc(F)cc1F. The number of aromatic hydroxyl groups is 1. The summed E-state index contributed by atoms with van der Waals surface area (Å²) in [6, 6.07) is 16.5. The van der Waals surface area contributed by atoms with Gasteiger partial charge in [0, 0.05) is 22.1 Å². The summed E-state index contributed by atoms with van der Waals surface area (Å²) in [6.07, 6.45) is 0.448. The Morgan fingerprint density at radius 1 is 0.857 bits per heavy atom. The maximum atomic E-state index is 15.3. The van der Waals surface area contributed by atoms with Gasteiger partial charge < -0.3 is 10.0 Å². The minimum atomic E-state index is -1.000. The number of benzene rings is 4. The number of anilines is 1. The van der Waals surface area contributed by atoms with Crippen LogP contribution < -0.4 is 4.90 Å². The fraction of sp³-hybridized carbons (Fsp3) is 0.143. The van der Waals surface area contributed by atoms with Gasteiger partial charge in [0.25, 0.3) is 0 Å². The van der Waals surface area contributed by atoms with E-state index in [9.17, 15) is 13.9 Å². The number of hydrogen-bond acceptors (Lipinski definition) is 2. The molecule has 1 heterocycles. The van der Waals surface area contributed by atoms with Crippen molar-refractivity contribution in [3.8, 4) is 16.9 Å². The molecule has 1 aliphatic heterocycles. The molecule has 1 aliphatic rings. The van der Waals surface area contributed by atoms with Crippen LogP contribution in [-0.2, 0) is 6.42 Å². The highest BCUT2D eigenvalue weighted by molar-refractivity contribution is 9.10. The Morgan fingerprint density at radius 3 is 2.26 bits per heavy atom. The highest BCUT2D eigenvalue weighted by atomic mass is 79.9. The summed E-state index contributed by atoms with van der Waals surface area (Å²) in [6.45, 7) is 1.83. The molecule has 0 bridgehead atoms. The number of hydrogen-bond donors (Lipinski definition) is 1. The lowest BCUT2D eigenvalue weighted by Gasteiger charge is -2.44. The maximum Gasteiger partial charge on any atom is 0.149 e. The van der Waals surface area contributed by atoms with E-state index in [1.807, 2.05) is 19.1 Å². The Balaban J connectivity index is 1.74. The predicted octanol–water partition coefficient (Wildman–Crippen LogP) is 7.92. The molecule has 0 saturated carbocycles. The van der Waals surface area contributed by atoms with Crippen LogP contribution in [0.1, 0.15) is 29.7 Å². The molecular formula is C28H20BrF4NO. The minimum Gasteiger partial charge on any atom is -0.507 e. The second-order valence-corrected chi connectivity index (χ2v) is 9.59. The van der Waals surface area contributed by atoms with Crippen molar-refractivity contribution in [3.63, 3.8) is 0 Å². The van der Waals surface area contributed by atoms with E-state index in [-0.39, 0.29) is 27.5 Å². The molecule has 2 nitrogen and oxygen atoms in total. The van der Waals surface area contributed by atoms with E-state index in [0.29, 0.717) is 17.5 Å². The van der Waals surface area contributed by atoms with Gasteiger partial charge in [-0.2, -0.15) is 0 Å². The van der Waals surface area contributed by atoms with Gasteiger partial charge >= 0.3 is 0 Å². The van der Waals surface area contributed by atoms with E-state index in [0.717, 1.165) is 23.3 Å². The third kappa shape index (κ3) is 4.18. The second-order valence-electron chi connectivity index (χ2n) is 8.67. The van der Waals surface area contributed by atoms with Crippen LogP contribution in [-0.4, -0.2) is 11.1 Å². The van der Waals surface area contributed by atoms with Gasteiger partial charge in [-0.3, -0.25) is 0 Å². The number of halogens is 5. The molecule has 0 aromatic heterocycles. The monoisotopic (exact) mass is 541 g/mol. The molecule has 0 unspecified atom stereocenters. The summed E-state index contributed by atoms with van der Waals surface area (Å²) >= 11 is 3.12. The van der Waals surface area contributed by atoms with Crippen molar-refractivity contribution in [1.82, 2.24) is 0 Å². The van der Waals surface area contributed by atoms with Gasteiger partial charge in [0.1, 0.15) is 29.0 Å². The highest BCUT2D eigenvalue weighted by Gasteiger charge is 2.38. The fourth-order valence-corrected chi connectivity index (χ4v) is 5.33. The van der Waals surface area contributed by atoms with Crippen LogP contribution in [0.2, 0.25) is 0 Å². The predicted molar refractivity (Wildman–Crippen MR) is 131 cm³/mol. The largest absolute Gasteiger partial charge is 0.507 e. The molecule has 0 amide bonds. The summed E-state index contributed by atoms with van der Waals surface area (Å²) in [7, 11) is 0. The Morgan fingerprint density at radius 2 is 1.57 bits per heavy atom. The number of phenols is 1. The van der Waals surface area contributed by atoms with E-state index in [4.69, 9.17) is 0 Å². The molecule has 0 fully saturated rings. The van der Waals surface area contributed by atoms with Crippen LogP contribution in [0, 0.1) is 23.3 Å². The first-order valence-corrected chi connectivity index (χ1v) is 11.8. The summed E-state index contributed by atoms with van der Waals surface area (Å²) in [5.41, 5.74) is 2.65. The van der Waals surface area contributed by atoms with Crippen molar-refractivity contribution >= 4 is 21.6 Å². The molecule has 0 saturated heterocycles. The number of rotatable bonds is 3. The number of phenolic OH excluding ortho intramolecular Hbond substituents is 1. The molecule has 7 heteroatoms. The average Bonchev–Trinajstić information content (AvgIpc) is 2.79. The van der Waals surface area contributed by atoms with Crippen LogP contribution in [0.5, 0.6) is 5.75 Å². The van der Waals surface area contributed by atoms with Crippen molar-refractivity contribution in [2.24, 2.45) is 0 Å². The molecule has 35 heavy (non-hydrogen) atoms. The summed E-state index contributed by atoms with van der Waals surface area (Å²) in [4.78, 5) is 1.60. The average molecular weight is 542 g/mol. The van der Waals surface area contributed by atoms with Crippen LogP contribution >= 0.6 is 15.9 Å². The quantitative estimate of drug-likeness (QED) is 0.266. The zero-order valence-electron chi connectivity index (χ0n) is 18.6. The standard InChI is InChI=1S/C28H20BrF4NO/c1-15-10-17-11-16(20-4-2-3-5-26(20)35)6-8-21(17)28(27-23(32)12-18(29)13-24(27)33)34(15)25-9-7-19(30)14-22(25)31/h2-9,11-15,28,35H,10H2,1H3/t15-,28+/m1/s1. The smallest absolute Gasteiger partial charge is 0.149 e. The molecule has 4 aromatic carbocycles. The summed E-state index contributed by atoms with van der Waals surface area (Å²) in [5.74, 6) is -2.98. The molecule has 5 rings (SSSR count). The van der Waals surface area contributed by atoms with E-state index < -0.39 is 29.3 Å². The van der Waals surface area contributed by atoms with E-state index in [2.05, 4.69) is 15.9 Å². The fourth-order valence-electron chi connectivity index (χ4n) is 4.93. The van der Waals surface area contributed by atoms with Crippen LogP contribution in [0.25, 0.3) is 11.1 Å². The molecule has 0 aliphatic carbocycles. The van der Waals surface area contributed by atoms with Gasteiger partial charge in [-0.15, -0.1) is 0 Å². The lowest BCUT2D eigenvalue weighted by Crippen LogP contribution is -2.44. The van der Waals surface area contributed by atoms with Crippen LogP contribution in [0.15, 0.2) is 77.3 Å². The number of para-hydroxylation sites is 1. The van der Waals surface area contributed by atoms with E-state index in [1.165, 1.54) is 18.2 Å². The molecule has 178 valence electrons. The topological polar surface area (TPSA) is 23.5 Å². The van der Waals surface area contributed by atoms with Gasteiger partial charge in [0.15, 0.2) is 0 Å².